The number of fused-ring (bicyclic) bond motifs is 2. The molecular weight excluding hydrogens is 686 g/mol. The van der Waals surface area contributed by atoms with E-state index in [1.807, 2.05) is 13.0 Å². The first-order valence-corrected chi connectivity index (χ1v) is 19.8. The van der Waals surface area contributed by atoms with Gasteiger partial charge in [-0.15, -0.1) is 11.3 Å². The minimum absolute atomic E-state index is 0.114. The molecule has 10 nitrogen and oxygen atoms in total. The van der Waals surface area contributed by atoms with Crippen molar-refractivity contribution in [1.29, 1.82) is 5.26 Å². The van der Waals surface area contributed by atoms with Gasteiger partial charge in [0.25, 0.3) is 0 Å². The molecule has 0 unspecified atom stereocenters. The highest BCUT2D eigenvalue weighted by Crippen LogP contribution is 2.34. The molecule has 2 fully saturated rings. The Morgan fingerprint density at radius 1 is 1.06 bits per heavy atom. The highest BCUT2D eigenvalue weighted by Gasteiger charge is 2.30. The number of nitrogens with zero attached hydrogens (tertiary/aromatic N) is 7. The number of sulfonamides is 1. The zero-order chi connectivity index (χ0) is 35.8. The Morgan fingerprint density at radius 2 is 1.78 bits per heavy atom. The van der Waals surface area contributed by atoms with Crippen molar-refractivity contribution in [2.24, 2.45) is 0 Å². The van der Waals surface area contributed by atoms with Crippen molar-refractivity contribution in [2.75, 3.05) is 50.3 Å². The number of anilines is 1. The molecular formula is C35H45F3N8O2S2. The molecule has 2 aliphatic rings. The van der Waals surface area contributed by atoms with Crippen LogP contribution < -0.4 is 5.32 Å². The average Bonchev–Trinajstić information content (AvgIpc) is 3.66. The third kappa shape index (κ3) is 7.94. The van der Waals surface area contributed by atoms with E-state index in [1.165, 1.54) is 5.56 Å². The van der Waals surface area contributed by atoms with Crippen LogP contribution >= 0.6 is 11.3 Å². The van der Waals surface area contributed by atoms with Gasteiger partial charge in [-0.05, 0) is 62.9 Å². The Kier molecular flexibility index (Phi) is 10.8. The number of benzene rings is 1. The molecule has 6 rings (SSSR count). The van der Waals surface area contributed by atoms with E-state index in [4.69, 9.17) is 0 Å². The second-order valence-corrected chi connectivity index (χ2v) is 16.9. The number of piperidine rings is 1. The zero-order valence-corrected chi connectivity index (χ0v) is 30.7. The summed E-state index contributed by atoms with van der Waals surface area (Å²) in [7, 11) is -3.19. The molecule has 50 heavy (non-hydrogen) atoms. The quantitative estimate of drug-likeness (QED) is 0.203. The molecule has 15 heteroatoms. The summed E-state index contributed by atoms with van der Waals surface area (Å²) in [5, 5.41) is 15.3. The Hall–Kier alpha value is -3.29. The number of nitriles is 1. The van der Waals surface area contributed by atoms with E-state index in [9.17, 15) is 26.9 Å². The van der Waals surface area contributed by atoms with Crippen LogP contribution in [-0.4, -0.2) is 100 Å². The largest absolute Gasteiger partial charge is 0.393 e. The first-order chi connectivity index (χ1) is 23.8. The molecule has 1 N–H and O–H groups in total. The maximum atomic E-state index is 13.1. The molecule has 270 valence electrons. The monoisotopic (exact) mass is 730 g/mol. The van der Waals surface area contributed by atoms with E-state index in [0.29, 0.717) is 66.7 Å². The van der Waals surface area contributed by atoms with E-state index < -0.39 is 22.6 Å². The second-order valence-electron chi connectivity index (χ2n) is 13.5. The summed E-state index contributed by atoms with van der Waals surface area (Å²) in [6.45, 7) is 13.3. The van der Waals surface area contributed by atoms with Gasteiger partial charge < -0.3 is 9.88 Å². The van der Waals surface area contributed by atoms with Gasteiger partial charge in [0.05, 0.1) is 17.6 Å². The number of alkyl halides is 3. The van der Waals surface area contributed by atoms with Gasteiger partial charge >= 0.3 is 6.18 Å². The van der Waals surface area contributed by atoms with Gasteiger partial charge in [0.2, 0.25) is 10.0 Å². The van der Waals surface area contributed by atoms with Crippen LogP contribution in [0.2, 0.25) is 0 Å². The van der Waals surface area contributed by atoms with Crippen molar-refractivity contribution in [2.45, 2.75) is 84.7 Å². The lowest BCUT2D eigenvalue weighted by Gasteiger charge is -2.37. The number of hydrogen-bond donors (Lipinski definition) is 1. The SMILES string of the molecule is CCc1nc(NC2CCN(Cc3ccc4c(cc(C#N)n4C[C@H](C)N4CCN(S(=O)(=O)CC)CC4)c3C)CC2)c2cc(CC(F)(F)F)sc2n1. The van der Waals surface area contributed by atoms with E-state index in [2.05, 4.69) is 61.7 Å². The Bertz CT molecular complexity index is 1990. The predicted molar refractivity (Wildman–Crippen MR) is 192 cm³/mol. The molecule has 1 aromatic carbocycles. The van der Waals surface area contributed by atoms with Crippen LogP contribution in [0.5, 0.6) is 0 Å². The summed E-state index contributed by atoms with van der Waals surface area (Å²) < 4.78 is 67.6. The van der Waals surface area contributed by atoms with Crippen molar-refractivity contribution in [3.8, 4) is 6.07 Å². The van der Waals surface area contributed by atoms with Crippen molar-refractivity contribution in [3.05, 3.63) is 51.8 Å². The lowest BCUT2D eigenvalue weighted by molar-refractivity contribution is -0.126. The van der Waals surface area contributed by atoms with E-state index in [-0.39, 0.29) is 22.7 Å². The third-order valence-corrected chi connectivity index (χ3v) is 13.1. The van der Waals surface area contributed by atoms with Crippen molar-refractivity contribution in [1.82, 2.24) is 28.6 Å². The molecule has 2 aliphatic heterocycles. The van der Waals surface area contributed by atoms with Crippen LogP contribution in [0, 0.1) is 18.3 Å². The number of aromatic nitrogens is 3. The Labute approximate surface area is 295 Å². The highest BCUT2D eigenvalue weighted by molar-refractivity contribution is 7.89. The summed E-state index contributed by atoms with van der Waals surface area (Å²) in [6.07, 6.45) is -2.89. The fraction of sp³-hybridized carbons (Fsp3) is 0.571. The van der Waals surface area contributed by atoms with Crippen LogP contribution in [-0.2, 0) is 36.0 Å². The maximum absolute atomic E-state index is 13.1. The third-order valence-electron chi connectivity index (χ3n) is 10.2. The minimum Gasteiger partial charge on any atom is -0.367 e. The second kappa shape index (κ2) is 14.7. The van der Waals surface area contributed by atoms with Gasteiger partial charge in [0.15, 0.2) is 0 Å². The van der Waals surface area contributed by atoms with Gasteiger partial charge in [0.1, 0.15) is 28.2 Å². The summed E-state index contributed by atoms with van der Waals surface area (Å²) in [5.41, 5.74) is 4.02. The van der Waals surface area contributed by atoms with Crippen molar-refractivity contribution >= 4 is 48.3 Å². The molecule has 0 aliphatic carbocycles. The standard InChI is InChI=1S/C35H45F3N8O2S2/c1-5-32-41-33(30-18-28(19-35(36,37)38)49-34(30)42-32)40-26-9-11-43(12-10-26)22-25-7-8-31-29(24(25)4)17-27(20-39)46(31)21-23(3)44-13-15-45(16-14-44)50(47,48)6-2/h7-8,17-18,23,26H,5-6,9-16,19,21-22H2,1-4H3,(H,40,41,42)/t23-/m0/s1. The number of likely N-dealkylation sites (tertiary alicyclic amines) is 1. The van der Waals surface area contributed by atoms with E-state index in [0.717, 1.165) is 60.3 Å². The highest BCUT2D eigenvalue weighted by atomic mass is 32.2. The first-order valence-electron chi connectivity index (χ1n) is 17.4. The minimum atomic E-state index is -4.27. The maximum Gasteiger partial charge on any atom is 0.393 e. The summed E-state index contributed by atoms with van der Waals surface area (Å²) in [6, 6.07) is 10.5. The van der Waals surface area contributed by atoms with E-state index in [1.54, 1.807) is 17.3 Å². The fourth-order valence-electron chi connectivity index (χ4n) is 7.20. The van der Waals surface area contributed by atoms with E-state index >= 15 is 0 Å². The number of nitrogens with one attached hydrogen (secondary N) is 1. The van der Waals surface area contributed by atoms with Gasteiger partial charge in [-0.25, -0.2) is 18.4 Å². The summed E-state index contributed by atoms with van der Waals surface area (Å²) in [4.78, 5) is 14.7. The van der Waals surface area contributed by atoms with Gasteiger partial charge in [0, 0.05) is 86.6 Å². The molecule has 0 saturated carbocycles. The molecule has 4 aromatic rings. The number of hydrogen-bond acceptors (Lipinski definition) is 9. The van der Waals surface area contributed by atoms with Gasteiger partial charge in [-0.3, -0.25) is 9.80 Å². The smallest absolute Gasteiger partial charge is 0.367 e. The lowest BCUT2D eigenvalue weighted by atomic mass is 10.0. The Balaban J connectivity index is 1.09. The molecule has 0 radical (unpaired) electrons. The van der Waals surface area contributed by atoms with Crippen molar-refractivity contribution < 1.29 is 21.6 Å². The van der Waals surface area contributed by atoms with Crippen LogP contribution in [0.15, 0.2) is 24.3 Å². The number of rotatable bonds is 11. The summed E-state index contributed by atoms with van der Waals surface area (Å²) >= 11 is 1.09. The molecule has 1 atom stereocenters. The molecule has 5 heterocycles. The number of aryl methyl sites for hydroxylation is 2. The molecule has 0 spiro atoms. The van der Waals surface area contributed by atoms with Crippen LogP contribution in [0.4, 0.5) is 19.0 Å². The Morgan fingerprint density at radius 3 is 2.42 bits per heavy atom. The predicted octanol–water partition coefficient (Wildman–Crippen LogP) is 5.93. The lowest BCUT2D eigenvalue weighted by Crippen LogP contribution is -2.52. The molecule has 0 bridgehead atoms. The van der Waals surface area contributed by atoms with Gasteiger partial charge in [-0.1, -0.05) is 13.0 Å². The van der Waals surface area contributed by atoms with Crippen LogP contribution in [0.1, 0.15) is 61.1 Å². The summed E-state index contributed by atoms with van der Waals surface area (Å²) in [5.74, 6) is 1.35. The molecule has 0 amide bonds. The number of thiophene rings is 1. The molecule has 3 aromatic heterocycles. The number of piperazine rings is 1. The van der Waals surface area contributed by atoms with Crippen LogP contribution in [0.3, 0.4) is 0 Å². The fourth-order valence-corrected chi connectivity index (χ4v) is 9.37. The van der Waals surface area contributed by atoms with Crippen LogP contribution in [0.25, 0.3) is 21.1 Å². The first kappa shape index (κ1) is 36.5. The van der Waals surface area contributed by atoms with Gasteiger partial charge in [-0.2, -0.15) is 22.7 Å². The molecule has 2 saturated heterocycles. The number of halogens is 3. The average molecular weight is 731 g/mol. The zero-order valence-electron chi connectivity index (χ0n) is 29.1. The van der Waals surface area contributed by atoms with Crippen molar-refractivity contribution in [3.63, 3.8) is 0 Å². The normalized spacial score (nSPS) is 18.2. The topological polar surface area (TPSA) is 110 Å².